The highest BCUT2D eigenvalue weighted by Gasteiger charge is 2.45. The van der Waals surface area contributed by atoms with Gasteiger partial charge < -0.3 is 20.6 Å². The number of β-amino-alcohol motifs (C(OH)–C–C–N with tert-alkyl or cyclic N) is 1. The Hall–Kier alpha value is -3.70. The Bertz CT molecular complexity index is 1400. The number of piperidine rings is 1. The Morgan fingerprint density at radius 2 is 1.86 bits per heavy atom. The lowest BCUT2D eigenvalue weighted by molar-refractivity contribution is -0.144. The van der Waals surface area contributed by atoms with E-state index in [1.807, 2.05) is 46.0 Å². The molecule has 2 aromatic heterocycles. The van der Waals surface area contributed by atoms with Gasteiger partial charge in [0, 0.05) is 36.8 Å². The predicted molar refractivity (Wildman–Crippen MR) is 156 cm³/mol. The molecule has 2 aliphatic rings. The van der Waals surface area contributed by atoms with E-state index in [1.54, 1.807) is 29.1 Å². The summed E-state index contributed by atoms with van der Waals surface area (Å²) in [5.41, 5.74) is 2.34. The van der Waals surface area contributed by atoms with E-state index in [-0.39, 0.29) is 30.8 Å². The predicted octanol–water partition coefficient (Wildman–Crippen LogP) is 3.37. The van der Waals surface area contributed by atoms with Crippen LogP contribution in [0, 0.1) is 11.2 Å². The average Bonchev–Trinajstić information content (AvgIpc) is 3.60. The van der Waals surface area contributed by atoms with Crippen molar-refractivity contribution in [2.75, 3.05) is 19.6 Å². The average molecular weight is 578 g/mol. The first-order valence-corrected chi connectivity index (χ1v) is 14.6. The van der Waals surface area contributed by atoms with Crippen LogP contribution in [-0.2, 0) is 9.59 Å². The number of nitrogens with one attached hydrogen (secondary N) is 2. The van der Waals surface area contributed by atoms with Crippen molar-refractivity contribution in [3.8, 4) is 11.1 Å². The number of pyridine rings is 1. The second-order valence-corrected chi connectivity index (χ2v) is 12.5. The van der Waals surface area contributed by atoms with Crippen LogP contribution >= 0.6 is 0 Å². The quantitative estimate of drug-likeness (QED) is 0.393. The monoisotopic (exact) mass is 577 g/mol. The fraction of sp³-hybridized carbons (Fsp3) is 0.516. The largest absolute Gasteiger partial charge is 0.391 e. The molecule has 0 unspecified atom stereocenters. The van der Waals surface area contributed by atoms with Crippen LogP contribution in [0.15, 0.2) is 48.9 Å². The summed E-state index contributed by atoms with van der Waals surface area (Å²) in [5, 5.41) is 25.7. The molecule has 0 radical (unpaired) electrons. The molecule has 0 bridgehead atoms. The van der Waals surface area contributed by atoms with Crippen molar-refractivity contribution >= 4 is 11.8 Å². The topological polar surface area (TPSA) is 125 Å². The molecule has 4 atom stereocenters. The van der Waals surface area contributed by atoms with E-state index in [1.165, 1.54) is 11.1 Å². The van der Waals surface area contributed by atoms with Gasteiger partial charge in [-0.25, -0.2) is 9.07 Å². The van der Waals surface area contributed by atoms with Crippen molar-refractivity contribution < 1.29 is 19.1 Å². The van der Waals surface area contributed by atoms with Gasteiger partial charge in [-0.05, 0) is 55.5 Å². The molecule has 11 heteroatoms. The van der Waals surface area contributed by atoms with Crippen LogP contribution in [0.1, 0.15) is 76.2 Å². The Morgan fingerprint density at radius 1 is 1.14 bits per heavy atom. The molecule has 0 saturated carbocycles. The van der Waals surface area contributed by atoms with Crippen molar-refractivity contribution in [1.82, 2.24) is 35.5 Å². The van der Waals surface area contributed by atoms with Crippen molar-refractivity contribution in [3.63, 3.8) is 0 Å². The number of nitrogens with zero attached hydrogens (tertiary/aromatic N) is 5. The molecule has 2 saturated heterocycles. The molecule has 4 heterocycles. The number of hydrogen-bond donors (Lipinski definition) is 3. The SMILES string of the molecule is C[C@H](NC(=O)[C@@H]1C[C@@H](O)CN1C(=O)[C@@H](n1cc(C2CCNCC2)nn1)C(C)(C)C)c1ccc(-c2ccncc2F)cc1. The maximum Gasteiger partial charge on any atom is 0.248 e. The van der Waals surface area contributed by atoms with E-state index >= 15 is 0 Å². The van der Waals surface area contributed by atoms with Crippen molar-refractivity contribution in [3.05, 3.63) is 66.0 Å². The van der Waals surface area contributed by atoms with Crippen LogP contribution in [0.5, 0.6) is 0 Å². The Kier molecular flexibility index (Phi) is 8.70. The highest BCUT2D eigenvalue weighted by molar-refractivity contribution is 5.90. The van der Waals surface area contributed by atoms with Crippen molar-refractivity contribution in [2.24, 2.45) is 5.41 Å². The highest BCUT2D eigenvalue weighted by atomic mass is 19.1. The maximum absolute atomic E-state index is 14.2. The van der Waals surface area contributed by atoms with Crippen LogP contribution in [0.4, 0.5) is 4.39 Å². The lowest BCUT2D eigenvalue weighted by Crippen LogP contribution is -2.50. The molecule has 10 nitrogen and oxygen atoms in total. The van der Waals surface area contributed by atoms with Gasteiger partial charge in [-0.2, -0.15) is 0 Å². The number of halogens is 1. The van der Waals surface area contributed by atoms with Crippen molar-refractivity contribution in [2.45, 2.75) is 77.1 Å². The van der Waals surface area contributed by atoms with E-state index in [9.17, 15) is 19.1 Å². The molecule has 2 fully saturated rings. The summed E-state index contributed by atoms with van der Waals surface area (Å²) in [6, 6.07) is 7.01. The summed E-state index contributed by atoms with van der Waals surface area (Å²) < 4.78 is 15.8. The fourth-order valence-corrected chi connectivity index (χ4v) is 6.02. The number of aliphatic hydroxyl groups excluding tert-OH is 1. The number of aromatic nitrogens is 4. The first kappa shape index (κ1) is 29.8. The Labute approximate surface area is 245 Å². The number of carbonyl (C=O) groups is 2. The van der Waals surface area contributed by atoms with E-state index < -0.39 is 29.4 Å². The Balaban J connectivity index is 1.31. The number of carbonyl (C=O) groups excluding carboxylic acids is 2. The van der Waals surface area contributed by atoms with Gasteiger partial charge in [-0.1, -0.05) is 50.3 Å². The molecule has 5 rings (SSSR count). The summed E-state index contributed by atoms with van der Waals surface area (Å²) in [6.45, 7) is 9.67. The molecule has 1 aromatic carbocycles. The number of aliphatic hydroxyl groups is 1. The number of rotatable bonds is 7. The minimum Gasteiger partial charge on any atom is -0.391 e. The van der Waals surface area contributed by atoms with Gasteiger partial charge in [-0.15, -0.1) is 5.10 Å². The lowest BCUT2D eigenvalue weighted by Gasteiger charge is -2.35. The summed E-state index contributed by atoms with van der Waals surface area (Å²) in [5.74, 6) is -0.712. The third-order valence-corrected chi connectivity index (χ3v) is 8.32. The summed E-state index contributed by atoms with van der Waals surface area (Å²) in [6.07, 6.45) is 5.86. The smallest absolute Gasteiger partial charge is 0.248 e. The molecule has 0 spiro atoms. The molecule has 3 N–H and O–H groups in total. The van der Waals surface area contributed by atoms with E-state index in [0.717, 1.165) is 37.2 Å². The molecule has 42 heavy (non-hydrogen) atoms. The molecule has 2 amide bonds. The number of hydrogen-bond acceptors (Lipinski definition) is 7. The second-order valence-electron chi connectivity index (χ2n) is 12.5. The summed E-state index contributed by atoms with van der Waals surface area (Å²) in [7, 11) is 0. The second kappa shape index (κ2) is 12.3. The van der Waals surface area contributed by atoms with Crippen LogP contribution < -0.4 is 10.6 Å². The van der Waals surface area contributed by atoms with Crippen LogP contribution in [0.2, 0.25) is 0 Å². The first-order valence-electron chi connectivity index (χ1n) is 14.6. The van der Waals surface area contributed by atoms with Crippen LogP contribution in [-0.4, -0.2) is 73.6 Å². The summed E-state index contributed by atoms with van der Waals surface area (Å²) in [4.78, 5) is 32.9. The number of benzene rings is 1. The molecule has 0 aliphatic carbocycles. The third kappa shape index (κ3) is 6.37. The van der Waals surface area contributed by atoms with Gasteiger partial charge in [0.15, 0.2) is 0 Å². The molecule has 224 valence electrons. The van der Waals surface area contributed by atoms with Gasteiger partial charge in [0.2, 0.25) is 11.8 Å². The normalized spacial score (nSPS) is 21.2. The van der Waals surface area contributed by atoms with Crippen molar-refractivity contribution in [1.29, 1.82) is 0 Å². The minimum absolute atomic E-state index is 0.0694. The third-order valence-electron chi connectivity index (χ3n) is 8.32. The summed E-state index contributed by atoms with van der Waals surface area (Å²) >= 11 is 0. The van der Waals surface area contributed by atoms with E-state index in [4.69, 9.17) is 0 Å². The molecular formula is C31H40FN7O3. The van der Waals surface area contributed by atoms with Gasteiger partial charge in [0.25, 0.3) is 0 Å². The van der Waals surface area contributed by atoms with Gasteiger partial charge in [-0.3, -0.25) is 14.6 Å². The van der Waals surface area contributed by atoms with Crippen LogP contribution in [0.25, 0.3) is 11.1 Å². The molecular weight excluding hydrogens is 537 g/mol. The lowest BCUT2D eigenvalue weighted by atomic mass is 9.85. The zero-order valence-electron chi connectivity index (χ0n) is 24.6. The first-order chi connectivity index (χ1) is 20.0. The van der Waals surface area contributed by atoms with Gasteiger partial charge in [0.1, 0.15) is 17.9 Å². The maximum atomic E-state index is 14.2. The van der Waals surface area contributed by atoms with E-state index in [2.05, 4.69) is 25.9 Å². The van der Waals surface area contributed by atoms with Crippen LogP contribution in [0.3, 0.4) is 0 Å². The number of likely N-dealkylation sites (tertiary alicyclic amines) is 1. The number of amides is 2. The highest BCUT2D eigenvalue weighted by Crippen LogP contribution is 2.35. The molecule has 3 aromatic rings. The molecule has 2 aliphatic heterocycles. The zero-order chi connectivity index (χ0) is 30.0. The Morgan fingerprint density at radius 3 is 2.52 bits per heavy atom. The van der Waals surface area contributed by atoms with Gasteiger partial charge in [0.05, 0.1) is 24.0 Å². The minimum atomic E-state index is -0.822. The zero-order valence-corrected chi connectivity index (χ0v) is 24.6. The standard InChI is InChI=1S/C31H40FN7O3/c1-19(20-5-7-21(8-6-20)24-11-14-34-16-25(24)32)35-29(41)27-15-23(40)17-38(27)30(42)28(31(2,3)4)39-18-26(36-37-39)22-9-12-33-13-10-22/h5-8,11,14,16,18-19,22-23,27-28,33,40H,9-10,12-13,15,17H2,1-4H3,(H,35,41)/t19-,23+,27-,28+/m0/s1. The van der Waals surface area contributed by atoms with E-state index in [0.29, 0.717) is 17.0 Å². The fourth-order valence-electron chi connectivity index (χ4n) is 6.02. The van der Waals surface area contributed by atoms with Gasteiger partial charge >= 0.3 is 0 Å².